The van der Waals surface area contributed by atoms with Gasteiger partial charge in [-0.2, -0.15) is 0 Å². The molecule has 6 heteroatoms. The molecule has 1 aromatic carbocycles. The van der Waals surface area contributed by atoms with Gasteiger partial charge in [0, 0.05) is 15.3 Å². The van der Waals surface area contributed by atoms with Crippen molar-refractivity contribution in [1.29, 1.82) is 0 Å². The van der Waals surface area contributed by atoms with Crippen LogP contribution in [0.1, 0.15) is 0 Å². The first-order valence-electron chi connectivity index (χ1n) is 5.88. The van der Waals surface area contributed by atoms with Crippen molar-refractivity contribution in [3.05, 3.63) is 62.6 Å². The minimum absolute atomic E-state index is 0.276. The van der Waals surface area contributed by atoms with Crippen LogP contribution in [0.4, 0.5) is 0 Å². The number of hydrogen-bond acceptors (Lipinski definition) is 4. The van der Waals surface area contributed by atoms with Crippen molar-refractivity contribution in [3.63, 3.8) is 0 Å². The van der Waals surface area contributed by atoms with Crippen LogP contribution in [0.15, 0.2) is 53.5 Å². The average molecular weight is 376 g/mol. The average Bonchev–Trinajstić information content (AvgIpc) is 2.49. The first kappa shape index (κ1) is 12.9. The lowest BCUT2D eigenvalue weighted by atomic mass is 10.2. The van der Waals surface area contributed by atoms with E-state index >= 15 is 0 Å². The smallest absolute Gasteiger partial charge is 0.278 e. The lowest BCUT2D eigenvalue weighted by molar-refractivity contribution is 0.954. The van der Waals surface area contributed by atoms with Gasteiger partial charge < -0.3 is 4.98 Å². The van der Waals surface area contributed by atoms with Crippen molar-refractivity contribution in [2.45, 2.75) is 0 Å². The van der Waals surface area contributed by atoms with Crippen molar-refractivity contribution in [2.75, 3.05) is 0 Å². The molecule has 2 heterocycles. The maximum atomic E-state index is 12.1. The van der Waals surface area contributed by atoms with E-state index in [2.05, 4.69) is 42.8 Å². The lowest BCUT2D eigenvalue weighted by Gasteiger charge is -2.02. The van der Waals surface area contributed by atoms with E-state index in [9.17, 15) is 4.79 Å². The summed E-state index contributed by atoms with van der Waals surface area (Å²) in [6.45, 7) is 0. The first-order chi connectivity index (χ1) is 9.74. The van der Waals surface area contributed by atoms with E-state index in [1.165, 1.54) is 0 Å². The van der Waals surface area contributed by atoms with Crippen LogP contribution >= 0.6 is 22.6 Å². The topological polar surface area (TPSA) is 71.5 Å². The number of benzene rings is 1. The Morgan fingerprint density at radius 3 is 2.45 bits per heavy atom. The zero-order valence-electron chi connectivity index (χ0n) is 10.2. The summed E-state index contributed by atoms with van der Waals surface area (Å²) in [5.41, 5.74) is 1.36. The highest BCUT2D eigenvalue weighted by atomic mass is 127. The van der Waals surface area contributed by atoms with Gasteiger partial charge in [0.2, 0.25) is 0 Å². The van der Waals surface area contributed by atoms with Crippen molar-refractivity contribution in [1.82, 2.24) is 20.2 Å². The second-order valence-corrected chi connectivity index (χ2v) is 5.32. The fourth-order valence-electron chi connectivity index (χ4n) is 1.75. The fourth-order valence-corrected chi connectivity index (χ4v) is 2.11. The van der Waals surface area contributed by atoms with Crippen LogP contribution in [0, 0.1) is 3.57 Å². The molecule has 0 saturated carbocycles. The number of H-pyrrole nitrogens is 1. The molecular formula is C14H9IN4O. The highest BCUT2D eigenvalue weighted by Crippen LogP contribution is 2.15. The number of aromatic nitrogens is 4. The summed E-state index contributed by atoms with van der Waals surface area (Å²) in [5.74, 6) is 0.366. The summed E-state index contributed by atoms with van der Waals surface area (Å²) >= 11 is 2.21. The second-order valence-electron chi connectivity index (χ2n) is 4.07. The summed E-state index contributed by atoms with van der Waals surface area (Å²) in [7, 11) is 0. The Labute approximate surface area is 128 Å². The molecule has 2 aromatic heterocycles. The number of rotatable bonds is 2. The van der Waals surface area contributed by atoms with E-state index in [0.717, 1.165) is 9.13 Å². The lowest BCUT2D eigenvalue weighted by Crippen LogP contribution is -2.14. The van der Waals surface area contributed by atoms with Gasteiger partial charge >= 0.3 is 0 Å². The van der Waals surface area contributed by atoms with Crippen molar-refractivity contribution < 1.29 is 0 Å². The van der Waals surface area contributed by atoms with Crippen LogP contribution < -0.4 is 5.56 Å². The van der Waals surface area contributed by atoms with Crippen LogP contribution in [0.2, 0.25) is 0 Å². The molecule has 0 amide bonds. The summed E-state index contributed by atoms with van der Waals surface area (Å²) in [6, 6.07) is 12.9. The molecule has 1 N–H and O–H groups in total. The molecule has 98 valence electrons. The maximum absolute atomic E-state index is 12.1. The van der Waals surface area contributed by atoms with E-state index in [4.69, 9.17) is 0 Å². The maximum Gasteiger partial charge on any atom is 0.278 e. The molecule has 0 aliphatic rings. The van der Waals surface area contributed by atoms with Gasteiger partial charge in [-0.3, -0.25) is 9.78 Å². The van der Waals surface area contributed by atoms with Crippen LogP contribution in [0.3, 0.4) is 0 Å². The predicted octanol–water partition coefficient (Wildman–Crippen LogP) is 2.50. The van der Waals surface area contributed by atoms with Crippen LogP contribution in [-0.4, -0.2) is 20.2 Å². The molecule has 20 heavy (non-hydrogen) atoms. The summed E-state index contributed by atoms with van der Waals surface area (Å²) in [4.78, 5) is 19.0. The third-order valence-corrected chi connectivity index (χ3v) is 3.44. The molecule has 3 aromatic rings. The van der Waals surface area contributed by atoms with Gasteiger partial charge in [0.1, 0.15) is 5.69 Å². The first-order valence-corrected chi connectivity index (χ1v) is 6.96. The molecule has 0 radical (unpaired) electrons. The molecule has 0 aliphatic carbocycles. The third kappa shape index (κ3) is 2.60. The Balaban J connectivity index is 2.04. The van der Waals surface area contributed by atoms with Crippen LogP contribution in [0.5, 0.6) is 0 Å². The second kappa shape index (κ2) is 5.49. The monoisotopic (exact) mass is 376 g/mol. The standard InChI is InChI=1S/C14H9IN4O/c15-10-6-4-9(5-7-10)12-14(20)17-13(19-18-12)11-3-1-2-8-16-11/h1-8H,(H,17,19,20). The van der Waals surface area contributed by atoms with Gasteiger partial charge in [-0.05, 0) is 46.9 Å². The quantitative estimate of drug-likeness (QED) is 0.698. The minimum atomic E-state index is -0.276. The van der Waals surface area contributed by atoms with Gasteiger partial charge in [0.15, 0.2) is 11.5 Å². The molecule has 0 saturated heterocycles. The molecule has 0 atom stereocenters. The summed E-state index contributed by atoms with van der Waals surface area (Å²) in [6.07, 6.45) is 1.64. The minimum Gasteiger partial charge on any atom is -0.302 e. The van der Waals surface area contributed by atoms with E-state index in [1.54, 1.807) is 18.3 Å². The highest BCUT2D eigenvalue weighted by molar-refractivity contribution is 14.1. The third-order valence-electron chi connectivity index (χ3n) is 2.72. The Bertz CT molecular complexity index is 784. The zero-order valence-corrected chi connectivity index (χ0v) is 12.4. The molecule has 0 fully saturated rings. The van der Waals surface area contributed by atoms with Gasteiger partial charge in [0.25, 0.3) is 5.56 Å². The Hall–Kier alpha value is -2.09. The summed E-state index contributed by atoms with van der Waals surface area (Å²) in [5, 5.41) is 8.06. The number of nitrogens with one attached hydrogen (secondary N) is 1. The molecule has 5 nitrogen and oxygen atoms in total. The predicted molar refractivity (Wildman–Crippen MR) is 84.0 cm³/mol. The van der Waals surface area contributed by atoms with Crippen molar-refractivity contribution >= 4 is 22.6 Å². The van der Waals surface area contributed by atoms with E-state index in [-0.39, 0.29) is 5.56 Å². The summed E-state index contributed by atoms with van der Waals surface area (Å²) < 4.78 is 1.10. The van der Waals surface area contributed by atoms with E-state index < -0.39 is 0 Å². The number of nitrogens with zero attached hydrogens (tertiary/aromatic N) is 3. The number of halogens is 1. The fraction of sp³-hybridized carbons (Fsp3) is 0. The number of pyridine rings is 1. The highest BCUT2D eigenvalue weighted by Gasteiger charge is 2.09. The van der Waals surface area contributed by atoms with Crippen molar-refractivity contribution in [3.8, 4) is 22.8 Å². The molecule has 0 spiro atoms. The Kier molecular flexibility index (Phi) is 3.55. The van der Waals surface area contributed by atoms with Crippen LogP contribution in [-0.2, 0) is 0 Å². The van der Waals surface area contributed by atoms with E-state index in [0.29, 0.717) is 17.2 Å². The molecular weight excluding hydrogens is 367 g/mol. The van der Waals surface area contributed by atoms with Crippen molar-refractivity contribution in [2.24, 2.45) is 0 Å². The molecule has 0 bridgehead atoms. The van der Waals surface area contributed by atoms with E-state index in [1.807, 2.05) is 30.3 Å². The number of aromatic amines is 1. The molecule has 0 unspecified atom stereocenters. The Morgan fingerprint density at radius 1 is 1.00 bits per heavy atom. The largest absolute Gasteiger partial charge is 0.302 e. The molecule has 3 rings (SSSR count). The molecule has 0 aliphatic heterocycles. The van der Waals surface area contributed by atoms with Gasteiger partial charge in [-0.1, -0.05) is 18.2 Å². The van der Waals surface area contributed by atoms with Crippen LogP contribution in [0.25, 0.3) is 22.8 Å². The SMILES string of the molecule is O=c1[nH]c(-c2ccccn2)nnc1-c1ccc(I)cc1. The normalized spacial score (nSPS) is 10.4. The van der Waals surface area contributed by atoms with Gasteiger partial charge in [-0.25, -0.2) is 0 Å². The zero-order chi connectivity index (χ0) is 13.9. The number of hydrogen-bond donors (Lipinski definition) is 1. The Morgan fingerprint density at radius 2 is 1.80 bits per heavy atom. The van der Waals surface area contributed by atoms with Gasteiger partial charge in [0.05, 0.1) is 0 Å². The van der Waals surface area contributed by atoms with Gasteiger partial charge in [-0.15, -0.1) is 10.2 Å².